The first-order chi connectivity index (χ1) is 15.7. The first-order valence-corrected chi connectivity index (χ1v) is 11.0. The van der Waals surface area contributed by atoms with Crippen molar-refractivity contribution in [2.75, 3.05) is 6.54 Å². The number of nitrogens with zero attached hydrogens (tertiary/aromatic N) is 1. The molecule has 168 valence electrons. The Kier molecular flexibility index (Phi) is 7.34. The number of furan rings is 1. The van der Waals surface area contributed by atoms with Crippen LogP contribution in [0.1, 0.15) is 53.5 Å². The van der Waals surface area contributed by atoms with E-state index in [0.717, 1.165) is 25.8 Å². The van der Waals surface area contributed by atoms with E-state index in [4.69, 9.17) is 8.83 Å². The van der Waals surface area contributed by atoms with Gasteiger partial charge >= 0.3 is 0 Å². The van der Waals surface area contributed by atoms with Gasteiger partial charge in [-0.1, -0.05) is 30.3 Å². The van der Waals surface area contributed by atoms with E-state index >= 15 is 0 Å². The Hall–Kier alpha value is -3.39. The number of benzene rings is 1. The lowest BCUT2D eigenvalue weighted by Gasteiger charge is -2.17. The molecule has 8 heteroatoms. The van der Waals surface area contributed by atoms with Crippen LogP contribution in [-0.4, -0.2) is 35.4 Å². The first-order valence-electron chi connectivity index (χ1n) is 11.0. The van der Waals surface area contributed by atoms with Gasteiger partial charge in [0.2, 0.25) is 5.91 Å². The highest BCUT2D eigenvalue weighted by Gasteiger charge is 2.37. The number of hydrogen-bond donors (Lipinski definition) is 3. The van der Waals surface area contributed by atoms with Crippen molar-refractivity contribution >= 4 is 11.8 Å². The molecule has 1 aliphatic rings. The summed E-state index contributed by atoms with van der Waals surface area (Å²) in [5, 5.41) is 9.17. The Bertz CT molecular complexity index is 973. The maximum atomic E-state index is 12.7. The van der Waals surface area contributed by atoms with Crippen molar-refractivity contribution in [1.82, 2.24) is 20.9 Å². The SMILES string of the molecule is O=C(NC(CCCCNC1CC1c1ccccc1)C(=O)NCc1cnco1)c1ccco1. The molecule has 0 radical (unpaired) electrons. The van der Waals surface area contributed by atoms with E-state index in [2.05, 4.69) is 45.2 Å². The number of carbonyl (C=O) groups excluding carboxylic acids is 2. The highest BCUT2D eigenvalue weighted by Crippen LogP contribution is 2.40. The number of nitrogens with one attached hydrogen (secondary N) is 3. The second kappa shape index (κ2) is 10.8. The molecule has 2 heterocycles. The molecule has 1 aromatic carbocycles. The number of rotatable bonds is 12. The van der Waals surface area contributed by atoms with Crippen LogP contribution in [0, 0.1) is 0 Å². The molecule has 4 rings (SSSR count). The predicted molar refractivity (Wildman–Crippen MR) is 118 cm³/mol. The summed E-state index contributed by atoms with van der Waals surface area (Å²) in [5.74, 6) is 0.659. The van der Waals surface area contributed by atoms with Gasteiger partial charge in [-0.15, -0.1) is 0 Å². The van der Waals surface area contributed by atoms with Gasteiger partial charge in [-0.25, -0.2) is 4.98 Å². The largest absolute Gasteiger partial charge is 0.459 e. The highest BCUT2D eigenvalue weighted by molar-refractivity contribution is 5.95. The summed E-state index contributed by atoms with van der Waals surface area (Å²) in [5.41, 5.74) is 1.38. The molecular weight excluding hydrogens is 408 g/mol. The second-order valence-electron chi connectivity index (χ2n) is 8.00. The smallest absolute Gasteiger partial charge is 0.287 e. The molecule has 2 aromatic heterocycles. The molecule has 3 aromatic rings. The first kappa shape index (κ1) is 21.8. The Morgan fingerprint density at radius 3 is 2.72 bits per heavy atom. The fraction of sp³-hybridized carbons (Fsp3) is 0.375. The van der Waals surface area contributed by atoms with E-state index in [0.29, 0.717) is 24.1 Å². The summed E-state index contributed by atoms with van der Waals surface area (Å²) in [7, 11) is 0. The van der Waals surface area contributed by atoms with Crippen LogP contribution in [0.5, 0.6) is 0 Å². The van der Waals surface area contributed by atoms with E-state index in [1.54, 1.807) is 18.3 Å². The maximum absolute atomic E-state index is 12.7. The minimum Gasteiger partial charge on any atom is -0.459 e. The molecule has 1 aliphatic carbocycles. The van der Waals surface area contributed by atoms with Gasteiger partial charge in [-0.3, -0.25) is 9.59 Å². The zero-order valence-corrected chi connectivity index (χ0v) is 17.8. The molecule has 3 N–H and O–H groups in total. The molecule has 1 saturated carbocycles. The lowest BCUT2D eigenvalue weighted by molar-refractivity contribution is -0.123. The third-order valence-corrected chi connectivity index (χ3v) is 5.63. The summed E-state index contributed by atoms with van der Waals surface area (Å²) < 4.78 is 10.3. The zero-order valence-electron chi connectivity index (χ0n) is 17.8. The normalized spacial score (nSPS) is 18.1. The van der Waals surface area contributed by atoms with E-state index < -0.39 is 11.9 Å². The third-order valence-electron chi connectivity index (χ3n) is 5.63. The summed E-state index contributed by atoms with van der Waals surface area (Å²) >= 11 is 0. The molecule has 0 aliphatic heterocycles. The van der Waals surface area contributed by atoms with Crippen LogP contribution >= 0.6 is 0 Å². The summed E-state index contributed by atoms with van der Waals surface area (Å²) in [6.07, 6.45) is 7.70. The summed E-state index contributed by atoms with van der Waals surface area (Å²) in [6.45, 7) is 1.10. The number of carbonyl (C=O) groups is 2. The Morgan fingerprint density at radius 1 is 1.09 bits per heavy atom. The quantitative estimate of drug-likeness (QED) is 0.377. The van der Waals surface area contributed by atoms with Crippen LogP contribution in [0.3, 0.4) is 0 Å². The molecule has 0 saturated heterocycles. The minimum absolute atomic E-state index is 0.181. The topological polar surface area (TPSA) is 109 Å². The van der Waals surface area contributed by atoms with Crippen LogP contribution < -0.4 is 16.0 Å². The summed E-state index contributed by atoms with van der Waals surface area (Å²) in [4.78, 5) is 28.9. The third kappa shape index (κ3) is 6.07. The fourth-order valence-electron chi connectivity index (χ4n) is 3.78. The molecule has 8 nitrogen and oxygen atoms in total. The van der Waals surface area contributed by atoms with Crippen LogP contribution in [-0.2, 0) is 11.3 Å². The van der Waals surface area contributed by atoms with E-state index in [1.807, 2.05) is 6.07 Å². The minimum atomic E-state index is -0.659. The van der Waals surface area contributed by atoms with Crippen LogP contribution in [0.4, 0.5) is 0 Å². The van der Waals surface area contributed by atoms with Crippen LogP contribution in [0.2, 0.25) is 0 Å². The number of amides is 2. The average molecular weight is 437 g/mol. The van der Waals surface area contributed by atoms with Gasteiger partial charge in [0, 0.05) is 12.0 Å². The maximum Gasteiger partial charge on any atom is 0.287 e. The van der Waals surface area contributed by atoms with Crippen molar-refractivity contribution in [3.8, 4) is 0 Å². The standard InChI is InChI=1S/C24H28N4O4/c29-23(27-15-18-14-25-16-32-18)20(28-24(30)22-10-6-12-31-22)9-4-5-11-26-21-13-19(21)17-7-2-1-3-8-17/h1-3,6-8,10,12,14,16,19-21,26H,4-5,9,11,13,15H2,(H,27,29)(H,28,30). The lowest BCUT2D eigenvalue weighted by atomic mass is 10.1. The molecule has 3 atom stereocenters. The van der Waals surface area contributed by atoms with Crippen molar-refractivity contribution in [2.24, 2.45) is 0 Å². The zero-order chi connectivity index (χ0) is 22.2. The fourth-order valence-corrected chi connectivity index (χ4v) is 3.78. The van der Waals surface area contributed by atoms with Gasteiger partial charge < -0.3 is 24.8 Å². The molecule has 0 bridgehead atoms. The van der Waals surface area contributed by atoms with Crippen molar-refractivity contribution in [3.63, 3.8) is 0 Å². The Labute approximate surface area is 186 Å². The predicted octanol–water partition coefficient (Wildman–Crippen LogP) is 3.00. The van der Waals surface area contributed by atoms with Gasteiger partial charge in [0.25, 0.3) is 5.91 Å². The van der Waals surface area contributed by atoms with Gasteiger partial charge in [0.1, 0.15) is 11.8 Å². The van der Waals surface area contributed by atoms with Gasteiger partial charge in [0.15, 0.2) is 12.2 Å². The van der Waals surface area contributed by atoms with Crippen molar-refractivity contribution in [3.05, 3.63) is 78.4 Å². The molecule has 1 fully saturated rings. The highest BCUT2D eigenvalue weighted by atomic mass is 16.3. The Balaban J connectivity index is 1.21. The Morgan fingerprint density at radius 2 is 1.97 bits per heavy atom. The number of aromatic nitrogens is 1. The van der Waals surface area contributed by atoms with E-state index in [1.165, 1.54) is 18.2 Å². The molecule has 32 heavy (non-hydrogen) atoms. The van der Waals surface area contributed by atoms with Gasteiger partial charge in [0.05, 0.1) is 19.0 Å². The van der Waals surface area contributed by atoms with Crippen molar-refractivity contribution in [1.29, 1.82) is 0 Å². The molecular formula is C24H28N4O4. The van der Waals surface area contributed by atoms with Gasteiger partial charge in [-0.2, -0.15) is 0 Å². The van der Waals surface area contributed by atoms with Crippen molar-refractivity contribution < 1.29 is 18.4 Å². The molecule has 2 amide bonds. The number of oxazole rings is 1. The second-order valence-corrected chi connectivity index (χ2v) is 8.00. The average Bonchev–Trinajstić information content (AvgIpc) is 3.20. The molecule has 0 spiro atoms. The summed E-state index contributed by atoms with van der Waals surface area (Å²) in [6, 6.07) is 13.6. The molecule has 3 unspecified atom stereocenters. The number of unbranched alkanes of at least 4 members (excludes halogenated alkanes) is 1. The monoisotopic (exact) mass is 436 g/mol. The van der Waals surface area contributed by atoms with Crippen LogP contribution in [0.15, 0.2) is 70.2 Å². The van der Waals surface area contributed by atoms with Crippen LogP contribution in [0.25, 0.3) is 0 Å². The lowest BCUT2D eigenvalue weighted by Crippen LogP contribution is -2.46. The van der Waals surface area contributed by atoms with E-state index in [-0.39, 0.29) is 18.2 Å². The number of hydrogen-bond acceptors (Lipinski definition) is 6. The van der Waals surface area contributed by atoms with Crippen molar-refractivity contribution in [2.45, 2.75) is 50.2 Å². The van der Waals surface area contributed by atoms with E-state index in [9.17, 15) is 9.59 Å². The van der Waals surface area contributed by atoms with Gasteiger partial charge in [-0.05, 0) is 49.9 Å².